The van der Waals surface area contributed by atoms with Crippen molar-refractivity contribution in [2.45, 2.75) is 111 Å². The first-order valence-corrected chi connectivity index (χ1v) is 13.8. The molecule has 204 valence electrons. The van der Waals surface area contributed by atoms with Crippen LogP contribution in [0.2, 0.25) is 0 Å². The lowest BCUT2D eigenvalue weighted by Crippen LogP contribution is -2.57. The molecule has 5 N–H and O–H groups in total. The molecule has 0 unspecified atom stereocenters. The van der Waals surface area contributed by atoms with Gasteiger partial charge < -0.3 is 25.5 Å². The first-order chi connectivity index (χ1) is 16.5. The van der Waals surface area contributed by atoms with Crippen LogP contribution in [0.4, 0.5) is 0 Å². The second-order valence-corrected chi connectivity index (χ2v) is 14.1. The molecule has 8 atom stereocenters. The van der Waals surface area contributed by atoms with Crippen LogP contribution in [0.25, 0.3) is 0 Å². The van der Waals surface area contributed by atoms with Gasteiger partial charge in [0.1, 0.15) is 0 Å². The average Bonchev–Trinajstić information content (AvgIpc) is 3.06. The summed E-state index contributed by atoms with van der Waals surface area (Å²) in [6.45, 7) is 13.7. The van der Waals surface area contributed by atoms with Crippen molar-refractivity contribution in [3.05, 3.63) is 23.0 Å². The van der Waals surface area contributed by atoms with Gasteiger partial charge >= 0.3 is 0 Å². The van der Waals surface area contributed by atoms with Crippen molar-refractivity contribution in [3.63, 3.8) is 0 Å². The molecule has 0 spiro atoms. The number of ketones is 1. The van der Waals surface area contributed by atoms with E-state index in [-0.39, 0.29) is 41.3 Å². The van der Waals surface area contributed by atoms with E-state index < -0.39 is 34.1 Å². The van der Waals surface area contributed by atoms with Gasteiger partial charge in [-0.05, 0) is 88.0 Å². The Hall–Kier alpha value is -1.21. The molecule has 0 radical (unpaired) electrons. The standard InChI is InChI=1S/C30H48O6/c1-26(2)22-10-9-19-20(28(22,5)15-21(32)25(26)35)14-24(34)30(7)18(12-13-29(19,30)6)17(16-31)8-11-23(33)27(3,4)36/h15,17-18,22-24,31-34,36H,8-14,16H2,1-7H3/t17-,18+,22-,23+,24-,28+,29-,30-/m0/s1. The van der Waals surface area contributed by atoms with E-state index in [1.54, 1.807) is 19.9 Å². The summed E-state index contributed by atoms with van der Waals surface area (Å²) in [5.41, 5.74) is -0.466. The number of rotatable bonds is 6. The predicted octanol–water partition coefficient (Wildman–Crippen LogP) is 4.46. The van der Waals surface area contributed by atoms with E-state index in [9.17, 15) is 30.3 Å². The molecule has 0 aliphatic heterocycles. The van der Waals surface area contributed by atoms with Crippen molar-refractivity contribution in [1.29, 1.82) is 0 Å². The maximum absolute atomic E-state index is 12.8. The molecule has 0 aromatic rings. The minimum Gasteiger partial charge on any atom is -0.505 e. The molecule has 36 heavy (non-hydrogen) atoms. The Morgan fingerprint density at radius 2 is 1.72 bits per heavy atom. The Balaban J connectivity index is 1.73. The van der Waals surface area contributed by atoms with Gasteiger partial charge in [0, 0.05) is 22.9 Å². The lowest BCUT2D eigenvalue weighted by Gasteiger charge is -2.61. The van der Waals surface area contributed by atoms with Crippen LogP contribution in [0.5, 0.6) is 0 Å². The summed E-state index contributed by atoms with van der Waals surface area (Å²) in [5, 5.41) is 53.5. The molecular formula is C30H48O6. The molecule has 0 saturated heterocycles. The number of fused-ring (bicyclic) bond motifs is 4. The van der Waals surface area contributed by atoms with Gasteiger partial charge in [0.25, 0.3) is 0 Å². The first kappa shape index (κ1) is 27.8. The van der Waals surface area contributed by atoms with E-state index in [1.807, 2.05) is 13.8 Å². The zero-order valence-corrected chi connectivity index (χ0v) is 23.3. The van der Waals surface area contributed by atoms with E-state index >= 15 is 0 Å². The number of aliphatic hydroxyl groups is 5. The number of aliphatic hydroxyl groups excluding tert-OH is 4. The normalized spacial score (nSPS) is 41.8. The number of Topliss-reactive ketones (excluding diaryl/α,β-unsaturated/α-hetero) is 1. The van der Waals surface area contributed by atoms with Crippen molar-refractivity contribution < 1.29 is 30.3 Å². The van der Waals surface area contributed by atoms with Gasteiger partial charge in [-0.15, -0.1) is 0 Å². The second kappa shape index (κ2) is 8.65. The van der Waals surface area contributed by atoms with Crippen LogP contribution in [0, 0.1) is 39.4 Å². The van der Waals surface area contributed by atoms with Crippen LogP contribution in [0.15, 0.2) is 23.0 Å². The van der Waals surface area contributed by atoms with Crippen molar-refractivity contribution >= 4 is 5.78 Å². The van der Waals surface area contributed by atoms with Gasteiger partial charge in [0.05, 0.1) is 17.8 Å². The Bertz CT molecular complexity index is 972. The molecule has 6 heteroatoms. The highest BCUT2D eigenvalue weighted by atomic mass is 16.3. The minimum absolute atomic E-state index is 0.0137. The fraction of sp³-hybridized carbons (Fsp3) is 0.833. The van der Waals surface area contributed by atoms with Crippen LogP contribution < -0.4 is 0 Å². The largest absolute Gasteiger partial charge is 0.505 e. The molecule has 1 fully saturated rings. The summed E-state index contributed by atoms with van der Waals surface area (Å²) in [4.78, 5) is 12.8. The molecule has 0 aromatic heterocycles. The maximum Gasteiger partial charge on any atom is 0.202 e. The average molecular weight is 505 g/mol. The molecule has 0 heterocycles. The number of hydrogen-bond acceptors (Lipinski definition) is 6. The quantitative estimate of drug-likeness (QED) is 0.341. The van der Waals surface area contributed by atoms with E-state index in [4.69, 9.17) is 0 Å². The number of hydrogen-bond donors (Lipinski definition) is 5. The van der Waals surface area contributed by atoms with Gasteiger partial charge in [-0.25, -0.2) is 0 Å². The Morgan fingerprint density at radius 3 is 2.31 bits per heavy atom. The fourth-order valence-corrected chi connectivity index (χ4v) is 9.15. The molecule has 0 amide bonds. The zero-order chi connectivity index (χ0) is 27.1. The van der Waals surface area contributed by atoms with Crippen LogP contribution in [-0.4, -0.2) is 55.7 Å². The van der Waals surface area contributed by atoms with Crippen molar-refractivity contribution in [2.75, 3.05) is 6.61 Å². The Kier molecular flexibility index (Phi) is 6.69. The Morgan fingerprint density at radius 1 is 1.08 bits per heavy atom. The SMILES string of the molecule is CC(C)(O)[C@H](O)CC[C@@H](CO)[C@H]1CC[C@@]2(C)C3=C(C[C@H](O)[C@]12C)[C@@]1(C)C=C(O)C(=O)C(C)(C)[C@@H]1CC3. The molecule has 0 bridgehead atoms. The molecular weight excluding hydrogens is 456 g/mol. The highest BCUT2D eigenvalue weighted by Gasteiger charge is 2.66. The Labute approximate surface area is 216 Å². The summed E-state index contributed by atoms with van der Waals surface area (Å²) in [5.74, 6) is -0.271. The fourth-order valence-electron chi connectivity index (χ4n) is 9.15. The van der Waals surface area contributed by atoms with Crippen molar-refractivity contribution in [1.82, 2.24) is 0 Å². The smallest absolute Gasteiger partial charge is 0.202 e. The summed E-state index contributed by atoms with van der Waals surface area (Å²) in [7, 11) is 0. The third-order valence-corrected chi connectivity index (χ3v) is 11.6. The molecule has 4 rings (SSSR count). The maximum atomic E-state index is 12.8. The highest BCUT2D eigenvalue weighted by Crippen LogP contribution is 2.71. The molecule has 4 aliphatic rings. The number of allylic oxidation sites excluding steroid dienone is 3. The van der Waals surface area contributed by atoms with Gasteiger partial charge in [0.15, 0.2) is 5.76 Å². The summed E-state index contributed by atoms with van der Waals surface area (Å²) in [6, 6.07) is 0. The van der Waals surface area contributed by atoms with Crippen LogP contribution >= 0.6 is 0 Å². The van der Waals surface area contributed by atoms with Crippen LogP contribution in [-0.2, 0) is 4.79 Å². The van der Waals surface area contributed by atoms with Crippen LogP contribution in [0.3, 0.4) is 0 Å². The van der Waals surface area contributed by atoms with E-state index in [0.29, 0.717) is 19.3 Å². The summed E-state index contributed by atoms with van der Waals surface area (Å²) >= 11 is 0. The summed E-state index contributed by atoms with van der Waals surface area (Å²) < 4.78 is 0. The van der Waals surface area contributed by atoms with Crippen molar-refractivity contribution in [2.24, 2.45) is 39.4 Å². The van der Waals surface area contributed by atoms with Crippen LogP contribution in [0.1, 0.15) is 93.4 Å². The van der Waals surface area contributed by atoms with E-state index in [2.05, 4.69) is 20.8 Å². The minimum atomic E-state index is -1.19. The lowest BCUT2D eigenvalue weighted by atomic mass is 9.44. The third kappa shape index (κ3) is 3.69. The van der Waals surface area contributed by atoms with Gasteiger partial charge in [-0.1, -0.05) is 45.8 Å². The second-order valence-electron chi connectivity index (χ2n) is 14.1. The topological polar surface area (TPSA) is 118 Å². The van der Waals surface area contributed by atoms with E-state index in [0.717, 1.165) is 25.7 Å². The first-order valence-electron chi connectivity index (χ1n) is 13.8. The molecule has 1 saturated carbocycles. The monoisotopic (exact) mass is 504 g/mol. The molecule has 6 nitrogen and oxygen atoms in total. The van der Waals surface area contributed by atoms with E-state index in [1.165, 1.54) is 11.1 Å². The molecule has 0 aromatic carbocycles. The summed E-state index contributed by atoms with van der Waals surface area (Å²) in [6.07, 6.45) is 5.31. The van der Waals surface area contributed by atoms with Gasteiger partial charge in [-0.3, -0.25) is 4.79 Å². The molecule has 4 aliphatic carbocycles. The number of carbonyl (C=O) groups is 1. The van der Waals surface area contributed by atoms with Gasteiger partial charge in [0.2, 0.25) is 5.78 Å². The lowest BCUT2D eigenvalue weighted by molar-refractivity contribution is -0.134. The van der Waals surface area contributed by atoms with Crippen molar-refractivity contribution in [3.8, 4) is 0 Å². The van der Waals surface area contributed by atoms with Gasteiger partial charge in [-0.2, -0.15) is 0 Å². The predicted molar refractivity (Wildman–Crippen MR) is 139 cm³/mol. The third-order valence-electron chi connectivity index (χ3n) is 11.6. The highest BCUT2D eigenvalue weighted by molar-refractivity contribution is 5.99. The zero-order valence-electron chi connectivity index (χ0n) is 23.3. The number of carbonyl (C=O) groups excluding carboxylic acids is 1.